The van der Waals surface area contributed by atoms with Crippen LogP contribution in [0.25, 0.3) is 22.0 Å². The van der Waals surface area contributed by atoms with E-state index in [-0.39, 0.29) is 0 Å². The molecule has 5 nitrogen and oxygen atoms in total. The zero-order valence-corrected chi connectivity index (χ0v) is 14.3. The molecule has 0 bridgehead atoms. The first kappa shape index (κ1) is 15.5. The lowest BCUT2D eigenvalue weighted by molar-refractivity contribution is 0.0752. The van der Waals surface area contributed by atoms with Gasteiger partial charge in [-0.05, 0) is 35.7 Å². The molecule has 1 atom stereocenters. The summed E-state index contributed by atoms with van der Waals surface area (Å²) in [7, 11) is -1.16. The predicted molar refractivity (Wildman–Crippen MR) is 95.1 cm³/mol. The number of fused-ring (bicyclic) bond motifs is 1. The number of morpholine rings is 1. The molecule has 2 aromatic carbocycles. The molecule has 1 aliphatic heterocycles. The normalized spacial score (nSPS) is 17.2. The number of H-pyrrole nitrogens is 1. The summed E-state index contributed by atoms with van der Waals surface area (Å²) < 4.78 is 20.3. The molecule has 1 unspecified atom stereocenters. The van der Waals surface area contributed by atoms with Crippen molar-refractivity contribution >= 4 is 21.9 Å². The fourth-order valence-electron chi connectivity index (χ4n) is 3.03. The van der Waals surface area contributed by atoms with Gasteiger partial charge < -0.3 is 4.74 Å². The van der Waals surface area contributed by atoms with E-state index < -0.39 is 11.0 Å². The van der Waals surface area contributed by atoms with Crippen molar-refractivity contribution in [2.75, 3.05) is 26.3 Å². The third-order valence-electron chi connectivity index (χ3n) is 4.38. The van der Waals surface area contributed by atoms with Crippen LogP contribution in [0.15, 0.2) is 47.5 Å². The number of aromatic nitrogens is 2. The highest BCUT2D eigenvalue weighted by atomic mass is 32.2. The Kier molecular flexibility index (Phi) is 4.18. The molecule has 0 amide bonds. The largest absolute Gasteiger partial charge is 0.379 e. The molecule has 1 saturated heterocycles. The maximum absolute atomic E-state index is 13.0. The smallest absolute Gasteiger partial charge is 0.128 e. The molecular formula is C18H19N3O2S. The monoisotopic (exact) mass is 341 g/mol. The number of rotatable bonds is 3. The molecular weight excluding hydrogens is 322 g/mol. The highest BCUT2D eigenvalue weighted by molar-refractivity contribution is 7.82. The summed E-state index contributed by atoms with van der Waals surface area (Å²) in [5.74, 6) is 0. The first-order valence-electron chi connectivity index (χ1n) is 8.02. The van der Waals surface area contributed by atoms with Gasteiger partial charge in [0.1, 0.15) is 11.0 Å². The number of nitrogens with one attached hydrogen (secondary N) is 1. The fourth-order valence-corrected chi connectivity index (χ4v) is 4.36. The number of aryl methyl sites for hydroxylation is 1. The minimum atomic E-state index is -1.16. The van der Waals surface area contributed by atoms with E-state index in [4.69, 9.17) is 4.74 Å². The summed E-state index contributed by atoms with van der Waals surface area (Å²) >= 11 is 0. The van der Waals surface area contributed by atoms with Crippen molar-refractivity contribution < 1.29 is 8.95 Å². The van der Waals surface area contributed by atoms with Gasteiger partial charge in [-0.1, -0.05) is 24.3 Å². The quantitative estimate of drug-likeness (QED) is 0.797. The Labute approximate surface area is 143 Å². The molecule has 1 fully saturated rings. The van der Waals surface area contributed by atoms with Crippen LogP contribution in [0, 0.1) is 6.92 Å². The van der Waals surface area contributed by atoms with Gasteiger partial charge in [0, 0.05) is 18.5 Å². The Morgan fingerprint density at radius 3 is 2.88 bits per heavy atom. The molecule has 0 spiro atoms. The van der Waals surface area contributed by atoms with Crippen molar-refractivity contribution in [2.24, 2.45) is 0 Å². The van der Waals surface area contributed by atoms with Crippen LogP contribution in [0.4, 0.5) is 0 Å². The SMILES string of the molecule is Cc1ccc(-c2cccc3[nH]ncc23)cc1S(=O)N1CCOCC1. The third kappa shape index (κ3) is 2.77. The van der Waals surface area contributed by atoms with Crippen LogP contribution in [0.5, 0.6) is 0 Å². The lowest BCUT2D eigenvalue weighted by Crippen LogP contribution is -2.37. The fraction of sp³-hybridized carbons (Fsp3) is 0.278. The maximum Gasteiger partial charge on any atom is 0.128 e. The van der Waals surface area contributed by atoms with Crippen LogP contribution in [0.1, 0.15) is 5.56 Å². The molecule has 124 valence electrons. The van der Waals surface area contributed by atoms with Gasteiger partial charge in [0.25, 0.3) is 0 Å². The van der Waals surface area contributed by atoms with Crippen molar-refractivity contribution in [1.29, 1.82) is 0 Å². The molecule has 0 radical (unpaired) electrons. The van der Waals surface area contributed by atoms with Crippen LogP contribution >= 0.6 is 0 Å². The van der Waals surface area contributed by atoms with Crippen molar-refractivity contribution in [3.8, 4) is 11.1 Å². The second-order valence-corrected chi connectivity index (χ2v) is 7.36. The molecule has 3 aromatic rings. The number of benzene rings is 2. The standard InChI is InChI=1S/C18H19N3O2S/c1-13-5-6-14(15-3-2-4-17-16(15)12-19-20-17)11-18(13)24(22)21-7-9-23-10-8-21/h2-6,11-12H,7-10H2,1H3,(H,19,20). The molecule has 0 saturated carbocycles. The summed E-state index contributed by atoms with van der Waals surface area (Å²) in [4.78, 5) is 0.870. The Morgan fingerprint density at radius 2 is 2.04 bits per heavy atom. The van der Waals surface area contributed by atoms with Crippen LogP contribution in [-0.2, 0) is 15.7 Å². The van der Waals surface area contributed by atoms with Gasteiger partial charge in [-0.25, -0.2) is 8.51 Å². The lowest BCUT2D eigenvalue weighted by Gasteiger charge is -2.26. The summed E-state index contributed by atoms with van der Waals surface area (Å²) in [6, 6.07) is 12.3. The summed E-state index contributed by atoms with van der Waals surface area (Å²) in [5, 5.41) is 8.20. The van der Waals surface area contributed by atoms with Crippen molar-refractivity contribution in [3.63, 3.8) is 0 Å². The Hall–Kier alpha value is -2.02. The minimum Gasteiger partial charge on any atom is -0.379 e. The number of nitrogens with zero attached hydrogens (tertiary/aromatic N) is 2. The van der Waals surface area contributed by atoms with Crippen molar-refractivity contribution in [1.82, 2.24) is 14.5 Å². The van der Waals surface area contributed by atoms with Gasteiger partial charge in [-0.15, -0.1) is 0 Å². The molecule has 0 aliphatic carbocycles. The van der Waals surface area contributed by atoms with Crippen LogP contribution < -0.4 is 0 Å². The third-order valence-corrected chi connectivity index (χ3v) is 6.03. The summed E-state index contributed by atoms with van der Waals surface area (Å²) in [6.45, 7) is 4.69. The second-order valence-electron chi connectivity index (χ2n) is 5.91. The molecule has 2 heterocycles. The highest BCUT2D eigenvalue weighted by Gasteiger charge is 2.20. The molecule has 1 aliphatic rings. The Morgan fingerprint density at radius 1 is 1.21 bits per heavy atom. The number of aromatic amines is 1. The topological polar surface area (TPSA) is 58.2 Å². The minimum absolute atomic E-state index is 0.638. The molecule has 6 heteroatoms. The average molecular weight is 341 g/mol. The van der Waals surface area contributed by atoms with Gasteiger partial charge in [0.2, 0.25) is 0 Å². The van der Waals surface area contributed by atoms with Crippen LogP contribution in [0.2, 0.25) is 0 Å². The van der Waals surface area contributed by atoms with E-state index in [2.05, 4.69) is 22.3 Å². The van der Waals surface area contributed by atoms with Gasteiger partial charge in [-0.3, -0.25) is 5.10 Å². The Balaban J connectivity index is 1.76. The Bertz CT molecular complexity index is 900. The zero-order chi connectivity index (χ0) is 16.5. The van der Waals surface area contributed by atoms with Gasteiger partial charge in [0.05, 0.1) is 29.8 Å². The highest BCUT2D eigenvalue weighted by Crippen LogP contribution is 2.30. The summed E-state index contributed by atoms with van der Waals surface area (Å²) in [5.41, 5.74) is 4.21. The molecule has 1 N–H and O–H groups in total. The van der Waals surface area contributed by atoms with Gasteiger partial charge >= 0.3 is 0 Å². The van der Waals surface area contributed by atoms with Gasteiger partial charge in [-0.2, -0.15) is 5.10 Å². The zero-order valence-electron chi connectivity index (χ0n) is 13.5. The molecule has 4 rings (SSSR count). The van der Waals surface area contributed by atoms with E-state index in [1.165, 1.54) is 0 Å². The van der Waals surface area contributed by atoms with E-state index in [0.29, 0.717) is 26.3 Å². The van der Waals surface area contributed by atoms with Crippen molar-refractivity contribution in [2.45, 2.75) is 11.8 Å². The number of hydrogen-bond acceptors (Lipinski definition) is 3. The van der Waals surface area contributed by atoms with Crippen LogP contribution in [-0.4, -0.2) is 45.0 Å². The van der Waals surface area contributed by atoms with Crippen molar-refractivity contribution in [3.05, 3.63) is 48.2 Å². The first-order chi connectivity index (χ1) is 11.7. The lowest BCUT2D eigenvalue weighted by atomic mass is 10.0. The average Bonchev–Trinajstić information content (AvgIpc) is 3.11. The number of hydrogen-bond donors (Lipinski definition) is 1. The maximum atomic E-state index is 13.0. The number of ether oxygens (including phenoxy) is 1. The first-order valence-corrected chi connectivity index (χ1v) is 9.12. The van der Waals surface area contributed by atoms with E-state index >= 15 is 0 Å². The summed E-state index contributed by atoms with van der Waals surface area (Å²) in [6.07, 6.45) is 1.84. The predicted octanol–water partition coefficient (Wildman–Crippen LogP) is 2.89. The molecule has 1 aromatic heterocycles. The van der Waals surface area contributed by atoms with E-state index in [1.54, 1.807) is 0 Å². The van der Waals surface area contributed by atoms with Gasteiger partial charge in [0.15, 0.2) is 0 Å². The van der Waals surface area contributed by atoms with E-state index in [0.717, 1.165) is 32.5 Å². The van der Waals surface area contributed by atoms with E-state index in [9.17, 15) is 4.21 Å². The van der Waals surface area contributed by atoms with E-state index in [1.807, 2.05) is 41.7 Å². The van der Waals surface area contributed by atoms with Crippen LogP contribution in [0.3, 0.4) is 0 Å². The second kappa shape index (κ2) is 6.47. The molecule has 24 heavy (non-hydrogen) atoms.